The van der Waals surface area contributed by atoms with E-state index < -0.39 is 0 Å². The summed E-state index contributed by atoms with van der Waals surface area (Å²) in [5.41, 5.74) is 2.44. The van der Waals surface area contributed by atoms with Crippen molar-refractivity contribution in [2.24, 2.45) is 5.84 Å². The molecule has 0 radical (unpaired) electrons. The molecule has 1 aliphatic heterocycles. The number of hydrogen-bond acceptors (Lipinski definition) is 6. The molecule has 6 nitrogen and oxygen atoms in total. The minimum atomic E-state index is -0.141. The molecule has 0 aromatic carbocycles. The van der Waals surface area contributed by atoms with Gasteiger partial charge in [0.15, 0.2) is 0 Å². The Morgan fingerprint density at radius 3 is 2.57 bits per heavy atom. The van der Waals surface area contributed by atoms with E-state index in [9.17, 15) is 0 Å². The van der Waals surface area contributed by atoms with Gasteiger partial charge in [0.05, 0.1) is 0 Å². The third kappa shape index (κ3) is 4.82. The number of ether oxygens (including phenoxy) is 1. The highest BCUT2D eigenvalue weighted by atomic mass is 16.5. The number of piperidine rings is 1. The maximum Gasteiger partial charge on any atom is 0.218 e. The van der Waals surface area contributed by atoms with E-state index in [0.29, 0.717) is 18.3 Å². The number of rotatable bonds is 5. The first kappa shape index (κ1) is 16.0. The lowest BCUT2D eigenvalue weighted by Gasteiger charge is -2.26. The second-order valence-corrected chi connectivity index (χ2v) is 6.56. The van der Waals surface area contributed by atoms with Crippen molar-refractivity contribution in [1.29, 1.82) is 0 Å². The minimum absolute atomic E-state index is 0.141. The van der Waals surface area contributed by atoms with Gasteiger partial charge in [0, 0.05) is 18.0 Å². The fourth-order valence-electron chi connectivity index (χ4n) is 2.37. The maximum absolute atomic E-state index is 5.80. The van der Waals surface area contributed by atoms with Crippen molar-refractivity contribution in [3.8, 4) is 5.88 Å². The number of nitrogens with two attached hydrogens (primary N) is 1. The van der Waals surface area contributed by atoms with E-state index in [1.165, 1.54) is 32.4 Å². The summed E-state index contributed by atoms with van der Waals surface area (Å²) in [5.74, 6) is 7.37. The van der Waals surface area contributed by atoms with Crippen LogP contribution in [-0.4, -0.2) is 41.1 Å². The van der Waals surface area contributed by atoms with E-state index in [2.05, 4.69) is 41.1 Å². The first-order chi connectivity index (χ1) is 9.99. The van der Waals surface area contributed by atoms with Gasteiger partial charge in [0.1, 0.15) is 18.2 Å². The lowest BCUT2D eigenvalue weighted by molar-refractivity contribution is 0.180. The van der Waals surface area contributed by atoms with Crippen LogP contribution in [-0.2, 0) is 5.41 Å². The number of aromatic nitrogens is 2. The quantitative estimate of drug-likeness (QED) is 0.638. The Kier molecular flexibility index (Phi) is 5.36. The number of anilines is 1. The van der Waals surface area contributed by atoms with Crippen LogP contribution >= 0.6 is 0 Å². The number of nitrogen functional groups attached to an aromatic ring is 1. The van der Waals surface area contributed by atoms with Crippen molar-refractivity contribution in [2.75, 3.05) is 31.7 Å². The van der Waals surface area contributed by atoms with Crippen LogP contribution < -0.4 is 16.0 Å². The van der Waals surface area contributed by atoms with Crippen LogP contribution in [0.1, 0.15) is 45.9 Å². The third-order valence-electron chi connectivity index (χ3n) is 3.63. The maximum atomic E-state index is 5.80. The highest BCUT2D eigenvalue weighted by molar-refractivity contribution is 5.37. The molecule has 2 rings (SSSR count). The lowest BCUT2D eigenvalue weighted by atomic mass is 9.96. The van der Waals surface area contributed by atoms with E-state index in [-0.39, 0.29) is 5.41 Å². The predicted molar refractivity (Wildman–Crippen MR) is 84.3 cm³/mol. The number of hydrogen-bond donors (Lipinski definition) is 2. The van der Waals surface area contributed by atoms with Crippen molar-refractivity contribution in [1.82, 2.24) is 14.9 Å². The van der Waals surface area contributed by atoms with Crippen LogP contribution in [0, 0.1) is 0 Å². The monoisotopic (exact) mass is 293 g/mol. The Morgan fingerprint density at radius 1 is 1.24 bits per heavy atom. The van der Waals surface area contributed by atoms with Gasteiger partial charge in [-0.2, -0.15) is 4.98 Å². The molecule has 0 aliphatic carbocycles. The number of likely N-dealkylation sites (tertiary alicyclic amines) is 1. The SMILES string of the molecule is CC(C)(C)c1nc(NN)cc(OCCN2CCCCC2)n1. The Balaban J connectivity index is 1.95. The van der Waals surface area contributed by atoms with Gasteiger partial charge in [-0.05, 0) is 25.9 Å². The van der Waals surface area contributed by atoms with Crippen LogP contribution in [0.3, 0.4) is 0 Å². The Morgan fingerprint density at radius 2 is 1.95 bits per heavy atom. The highest BCUT2D eigenvalue weighted by Gasteiger charge is 2.19. The number of hydrazine groups is 1. The summed E-state index contributed by atoms with van der Waals surface area (Å²) in [4.78, 5) is 11.3. The molecule has 2 heterocycles. The fraction of sp³-hybridized carbons (Fsp3) is 0.733. The van der Waals surface area contributed by atoms with Crippen LogP contribution in [0.2, 0.25) is 0 Å². The normalized spacial score (nSPS) is 16.8. The summed E-state index contributed by atoms with van der Waals surface area (Å²) in [6, 6.07) is 1.74. The van der Waals surface area contributed by atoms with Crippen LogP contribution in [0.5, 0.6) is 5.88 Å². The van der Waals surface area contributed by atoms with Gasteiger partial charge in [-0.1, -0.05) is 27.2 Å². The molecule has 0 amide bonds. The molecule has 0 saturated carbocycles. The molecular weight excluding hydrogens is 266 g/mol. The number of nitrogens with zero attached hydrogens (tertiary/aromatic N) is 3. The molecule has 1 aromatic heterocycles. The molecule has 1 saturated heterocycles. The zero-order valence-corrected chi connectivity index (χ0v) is 13.4. The molecule has 0 spiro atoms. The van der Waals surface area contributed by atoms with Crippen LogP contribution in [0.4, 0.5) is 5.82 Å². The molecule has 6 heteroatoms. The third-order valence-corrected chi connectivity index (χ3v) is 3.63. The molecule has 0 bridgehead atoms. The Hall–Kier alpha value is -1.40. The molecular formula is C15H27N5O. The molecule has 1 fully saturated rings. The van der Waals surface area contributed by atoms with Crippen molar-refractivity contribution in [3.05, 3.63) is 11.9 Å². The topological polar surface area (TPSA) is 76.3 Å². The second kappa shape index (κ2) is 7.04. The van der Waals surface area contributed by atoms with E-state index in [1.54, 1.807) is 6.07 Å². The van der Waals surface area contributed by atoms with Crippen molar-refractivity contribution >= 4 is 5.82 Å². The van der Waals surface area contributed by atoms with Gasteiger partial charge in [-0.15, -0.1) is 0 Å². The van der Waals surface area contributed by atoms with E-state index >= 15 is 0 Å². The van der Waals surface area contributed by atoms with Gasteiger partial charge >= 0.3 is 0 Å². The van der Waals surface area contributed by atoms with Crippen molar-refractivity contribution < 1.29 is 4.74 Å². The highest BCUT2D eigenvalue weighted by Crippen LogP contribution is 2.23. The number of nitrogens with one attached hydrogen (secondary N) is 1. The summed E-state index contributed by atoms with van der Waals surface area (Å²) < 4.78 is 5.80. The molecule has 1 aliphatic rings. The van der Waals surface area contributed by atoms with Gasteiger partial charge in [0.2, 0.25) is 5.88 Å². The molecule has 118 valence electrons. The largest absolute Gasteiger partial charge is 0.476 e. The van der Waals surface area contributed by atoms with Gasteiger partial charge in [-0.3, -0.25) is 4.90 Å². The van der Waals surface area contributed by atoms with Crippen molar-refractivity contribution in [2.45, 2.75) is 45.4 Å². The molecule has 0 atom stereocenters. The summed E-state index contributed by atoms with van der Waals surface area (Å²) in [7, 11) is 0. The van der Waals surface area contributed by atoms with E-state index in [4.69, 9.17) is 10.6 Å². The summed E-state index contributed by atoms with van der Waals surface area (Å²) in [6.07, 6.45) is 3.94. The van der Waals surface area contributed by atoms with E-state index in [1.807, 2.05) is 0 Å². The van der Waals surface area contributed by atoms with Gasteiger partial charge in [0.25, 0.3) is 0 Å². The molecule has 0 unspecified atom stereocenters. The standard InChI is InChI=1S/C15H27N5O/c1-15(2,3)14-17-12(19-16)11-13(18-14)21-10-9-20-7-5-4-6-8-20/h11H,4-10,16H2,1-3H3,(H,17,18,19). The average Bonchev–Trinajstić information content (AvgIpc) is 2.47. The van der Waals surface area contributed by atoms with Gasteiger partial charge in [-0.25, -0.2) is 10.8 Å². The Bertz CT molecular complexity index is 452. The molecule has 3 N–H and O–H groups in total. The average molecular weight is 293 g/mol. The smallest absolute Gasteiger partial charge is 0.218 e. The van der Waals surface area contributed by atoms with Crippen LogP contribution in [0.15, 0.2) is 6.07 Å². The fourth-order valence-corrected chi connectivity index (χ4v) is 2.37. The zero-order valence-electron chi connectivity index (χ0n) is 13.4. The molecule has 1 aromatic rings. The zero-order chi connectivity index (χ0) is 15.3. The first-order valence-electron chi connectivity index (χ1n) is 7.70. The van der Waals surface area contributed by atoms with Crippen molar-refractivity contribution in [3.63, 3.8) is 0 Å². The first-order valence-corrected chi connectivity index (χ1v) is 7.70. The van der Waals surface area contributed by atoms with Crippen LogP contribution in [0.25, 0.3) is 0 Å². The lowest BCUT2D eigenvalue weighted by Crippen LogP contribution is -2.33. The Labute approximate surface area is 127 Å². The predicted octanol–water partition coefficient (Wildman–Crippen LogP) is 1.92. The van der Waals surface area contributed by atoms with Gasteiger partial charge < -0.3 is 10.2 Å². The summed E-state index contributed by atoms with van der Waals surface area (Å²) >= 11 is 0. The summed E-state index contributed by atoms with van der Waals surface area (Å²) in [5, 5.41) is 0. The molecule has 21 heavy (non-hydrogen) atoms. The summed E-state index contributed by atoms with van der Waals surface area (Å²) in [6.45, 7) is 10.2. The van der Waals surface area contributed by atoms with E-state index in [0.717, 1.165) is 12.4 Å². The second-order valence-electron chi connectivity index (χ2n) is 6.56. The minimum Gasteiger partial charge on any atom is -0.476 e.